The molecule has 0 radical (unpaired) electrons. The van der Waals surface area contributed by atoms with Gasteiger partial charge in [0.25, 0.3) is 5.69 Å². The molecule has 1 aromatic rings. The first-order valence-corrected chi connectivity index (χ1v) is 6.27. The molecule has 1 rings (SSSR count). The highest BCUT2D eigenvalue weighted by Gasteiger charge is 2.16. The number of nitro groups is 1. The van der Waals surface area contributed by atoms with Crippen molar-refractivity contribution in [2.24, 2.45) is 0 Å². The van der Waals surface area contributed by atoms with Crippen molar-refractivity contribution < 1.29 is 13.3 Å². The molecule has 6 nitrogen and oxygen atoms in total. The molecule has 0 saturated carbocycles. The Balaban J connectivity index is 3.24. The lowest BCUT2D eigenvalue weighted by molar-refractivity contribution is -0.384. The molecular weight excluding hydrogens is 232 g/mol. The van der Waals surface area contributed by atoms with Crippen LogP contribution in [0.25, 0.3) is 0 Å². The zero-order chi connectivity index (χ0) is 12.5. The molecule has 0 aliphatic rings. The lowest BCUT2D eigenvalue weighted by atomic mass is 10.2. The zero-order valence-corrected chi connectivity index (χ0v) is 9.98. The summed E-state index contributed by atoms with van der Waals surface area (Å²) in [4.78, 5) is 9.99. The number of anilines is 1. The molecule has 7 heteroatoms. The van der Waals surface area contributed by atoms with E-state index in [-0.39, 0.29) is 5.69 Å². The number of sulfonamides is 1. The maximum absolute atomic E-state index is 11.3. The molecule has 0 N–H and O–H groups in total. The van der Waals surface area contributed by atoms with E-state index in [2.05, 4.69) is 0 Å². The van der Waals surface area contributed by atoms with E-state index in [9.17, 15) is 18.5 Å². The van der Waals surface area contributed by atoms with Gasteiger partial charge in [0.2, 0.25) is 10.0 Å². The smallest absolute Gasteiger partial charge is 0.269 e. The molecule has 0 bridgehead atoms. The standard InChI is InChI=1S/C9H12N2O4S/c1-7-6-8(11(12)13)4-5-9(7)10(2)16(3,14)15/h4-6H,1-3H3. The second kappa shape index (κ2) is 4.09. The van der Waals surface area contributed by atoms with E-state index >= 15 is 0 Å². The average Bonchev–Trinajstić information content (AvgIpc) is 2.15. The molecule has 0 amide bonds. The van der Waals surface area contributed by atoms with E-state index in [1.807, 2.05) is 0 Å². The number of nitrogens with zero attached hydrogens (tertiary/aromatic N) is 2. The molecule has 0 heterocycles. The van der Waals surface area contributed by atoms with Gasteiger partial charge in [-0.2, -0.15) is 0 Å². The summed E-state index contributed by atoms with van der Waals surface area (Å²) in [6, 6.07) is 4.05. The topological polar surface area (TPSA) is 80.5 Å². The summed E-state index contributed by atoms with van der Waals surface area (Å²) in [5, 5.41) is 10.5. The van der Waals surface area contributed by atoms with Crippen molar-refractivity contribution >= 4 is 21.4 Å². The Labute approximate surface area is 93.7 Å². The van der Waals surface area contributed by atoms with E-state index in [0.717, 1.165) is 10.6 Å². The third-order valence-electron chi connectivity index (χ3n) is 2.23. The number of non-ortho nitro benzene ring substituents is 1. The summed E-state index contributed by atoms with van der Waals surface area (Å²) in [7, 11) is -1.94. The highest BCUT2D eigenvalue weighted by Crippen LogP contribution is 2.25. The van der Waals surface area contributed by atoms with Crippen LogP contribution in [0.5, 0.6) is 0 Å². The summed E-state index contributed by atoms with van der Waals surface area (Å²) in [5.74, 6) is 0. The van der Waals surface area contributed by atoms with Gasteiger partial charge in [0.15, 0.2) is 0 Å². The van der Waals surface area contributed by atoms with Crippen molar-refractivity contribution in [3.63, 3.8) is 0 Å². The third kappa shape index (κ3) is 2.48. The van der Waals surface area contributed by atoms with E-state index in [1.165, 1.54) is 25.2 Å². The average molecular weight is 244 g/mol. The first-order chi connectivity index (χ1) is 7.23. The molecule has 88 valence electrons. The molecule has 16 heavy (non-hydrogen) atoms. The molecule has 0 aromatic heterocycles. The quantitative estimate of drug-likeness (QED) is 0.592. The lowest BCUT2D eigenvalue weighted by Crippen LogP contribution is -2.25. The summed E-state index contributed by atoms with van der Waals surface area (Å²) in [6.07, 6.45) is 1.08. The number of hydrogen-bond acceptors (Lipinski definition) is 4. The third-order valence-corrected chi connectivity index (χ3v) is 3.42. The SMILES string of the molecule is Cc1cc([N+](=O)[O-])ccc1N(C)S(C)(=O)=O. The normalized spacial score (nSPS) is 11.2. The van der Waals surface area contributed by atoms with Crippen LogP contribution in [-0.4, -0.2) is 26.6 Å². The van der Waals surface area contributed by atoms with Crippen LogP contribution in [0.4, 0.5) is 11.4 Å². The van der Waals surface area contributed by atoms with Crippen LogP contribution >= 0.6 is 0 Å². The number of rotatable bonds is 3. The lowest BCUT2D eigenvalue weighted by Gasteiger charge is -2.18. The van der Waals surface area contributed by atoms with Gasteiger partial charge < -0.3 is 0 Å². The Morgan fingerprint density at radius 3 is 2.31 bits per heavy atom. The van der Waals surface area contributed by atoms with Crippen molar-refractivity contribution in [1.29, 1.82) is 0 Å². The molecular formula is C9H12N2O4S. The molecule has 0 spiro atoms. The minimum absolute atomic E-state index is 0.0526. The maximum Gasteiger partial charge on any atom is 0.269 e. The first-order valence-electron chi connectivity index (χ1n) is 4.42. The van der Waals surface area contributed by atoms with Gasteiger partial charge in [-0.1, -0.05) is 0 Å². The number of hydrogen-bond donors (Lipinski definition) is 0. The summed E-state index contributed by atoms with van der Waals surface area (Å²) >= 11 is 0. The van der Waals surface area contributed by atoms with Crippen molar-refractivity contribution in [2.45, 2.75) is 6.92 Å². The molecule has 0 aliphatic carbocycles. The van der Waals surface area contributed by atoms with Gasteiger partial charge in [0.1, 0.15) is 0 Å². The second-order valence-corrected chi connectivity index (χ2v) is 5.47. The van der Waals surface area contributed by atoms with E-state index in [0.29, 0.717) is 11.3 Å². The Kier molecular flexibility index (Phi) is 3.18. The number of benzene rings is 1. The highest BCUT2D eigenvalue weighted by molar-refractivity contribution is 7.92. The van der Waals surface area contributed by atoms with Crippen LogP contribution < -0.4 is 4.31 Å². The first kappa shape index (κ1) is 12.4. The fourth-order valence-electron chi connectivity index (χ4n) is 1.29. The maximum atomic E-state index is 11.3. The summed E-state index contributed by atoms with van der Waals surface area (Å²) in [5.41, 5.74) is 0.929. The van der Waals surface area contributed by atoms with Crippen molar-refractivity contribution in [3.8, 4) is 0 Å². The molecule has 0 saturated heterocycles. The Hall–Kier alpha value is -1.63. The Bertz CT molecular complexity index is 524. The second-order valence-electron chi connectivity index (χ2n) is 3.46. The van der Waals surface area contributed by atoms with Crippen LogP contribution in [0.2, 0.25) is 0 Å². The molecule has 0 atom stereocenters. The van der Waals surface area contributed by atoms with Gasteiger partial charge in [-0.3, -0.25) is 14.4 Å². The van der Waals surface area contributed by atoms with Crippen molar-refractivity contribution in [3.05, 3.63) is 33.9 Å². The molecule has 0 aliphatic heterocycles. The van der Waals surface area contributed by atoms with Crippen molar-refractivity contribution in [2.75, 3.05) is 17.6 Å². The fourth-order valence-corrected chi connectivity index (χ4v) is 1.85. The number of nitro benzene ring substituents is 1. The minimum Gasteiger partial charge on any atom is -0.273 e. The molecule has 0 unspecified atom stereocenters. The van der Waals surface area contributed by atoms with Gasteiger partial charge in [-0.05, 0) is 18.6 Å². The van der Waals surface area contributed by atoms with Gasteiger partial charge in [-0.15, -0.1) is 0 Å². The van der Waals surface area contributed by atoms with Crippen LogP contribution in [0.3, 0.4) is 0 Å². The Morgan fingerprint density at radius 1 is 1.38 bits per heavy atom. The Morgan fingerprint density at radius 2 is 1.94 bits per heavy atom. The zero-order valence-electron chi connectivity index (χ0n) is 9.17. The van der Waals surface area contributed by atoms with E-state index < -0.39 is 14.9 Å². The number of aryl methyl sites for hydroxylation is 1. The largest absolute Gasteiger partial charge is 0.273 e. The van der Waals surface area contributed by atoms with Gasteiger partial charge in [0, 0.05) is 19.2 Å². The van der Waals surface area contributed by atoms with Crippen molar-refractivity contribution in [1.82, 2.24) is 0 Å². The predicted octanol–water partition coefficient (Wildman–Crippen LogP) is 1.30. The van der Waals surface area contributed by atoms with Crippen LogP contribution in [0.15, 0.2) is 18.2 Å². The predicted molar refractivity (Wildman–Crippen MR) is 61.1 cm³/mol. The summed E-state index contributed by atoms with van der Waals surface area (Å²) in [6.45, 7) is 1.63. The molecule has 0 fully saturated rings. The van der Waals surface area contributed by atoms with E-state index in [1.54, 1.807) is 6.92 Å². The monoisotopic (exact) mass is 244 g/mol. The van der Waals surface area contributed by atoms with E-state index in [4.69, 9.17) is 0 Å². The van der Waals surface area contributed by atoms with Gasteiger partial charge >= 0.3 is 0 Å². The summed E-state index contributed by atoms with van der Waals surface area (Å²) < 4.78 is 23.7. The van der Waals surface area contributed by atoms with Crippen LogP contribution in [0.1, 0.15) is 5.56 Å². The van der Waals surface area contributed by atoms with Gasteiger partial charge in [-0.25, -0.2) is 8.42 Å². The van der Waals surface area contributed by atoms with Crippen LogP contribution in [-0.2, 0) is 10.0 Å². The van der Waals surface area contributed by atoms with Crippen LogP contribution in [0, 0.1) is 17.0 Å². The van der Waals surface area contributed by atoms with Gasteiger partial charge in [0.05, 0.1) is 16.9 Å². The molecule has 1 aromatic carbocycles. The minimum atomic E-state index is -3.35. The fraction of sp³-hybridized carbons (Fsp3) is 0.333. The highest BCUT2D eigenvalue weighted by atomic mass is 32.2.